The highest BCUT2D eigenvalue weighted by Gasteiger charge is 2.34. The van der Waals surface area contributed by atoms with E-state index in [2.05, 4.69) is 14.9 Å². The van der Waals surface area contributed by atoms with Crippen LogP contribution in [0, 0.1) is 6.92 Å². The van der Waals surface area contributed by atoms with Crippen LogP contribution in [0.15, 0.2) is 6.07 Å². The molecule has 0 aromatic carbocycles. The predicted molar refractivity (Wildman–Crippen MR) is 85.1 cm³/mol. The van der Waals surface area contributed by atoms with E-state index in [-0.39, 0.29) is 11.8 Å². The lowest BCUT2D eigenvalue weighted by Gasteiger charge is -2.24. The van der Waals surface area contributed by atoms with Crippen LogP contribution in [0.2, 0.25) is 0 Å². The van der Waals surface area contributed by atoms with Crippen molar-refractivity contribution in [1.82, 2.24) is 9.97 Å². The molecule has 0 spiro atoms. The van der Waals surface area contributed by atoms with Gasteiger partial charge in [0.2, 0.25) is 10.4 Å². The first-order valence-electron chi connectivity index (χ1n) is 6.01. The van der Waals surface area contributed by atoms with Crippen molar-refractivity contribution in [2.45, 2.75) is 38.1 Å². The summed E-state index contributed by atoms with van der Waals surface area (Å²) in [7, 11) is 1.28. The summed E-state index contributed by atoms with van der Waals surface area (Å²) >= 11 is 16.8. The molecule has 10 heteroatoms. The lowest BCUT2D eigenvalue weighted by atomic mass is 10.2. The molecule has 1 unspecified atom stereocenters. The van der Waals surface area contributed by atoms with Gasteiger partial charge in [-0.2, -0.15) is 4.98 Å². The molecule has 0 bridgehead atoms. The van der Waals surface area contributed by atoms with Gasteiger partial charge < -0.3 is 4.52 Å². The number of alkyl halides is 2. The molecule has 0 aliphatic carbocycles. The van der Waals surface area contributed by atoms with E-state index in [1.165, 1.54) is 14.0 Å². The van der Waals surface area contributed by atoms with Crippen LogP contribution in [0.4, 0.5) is 0 Å². The van der Waals surface area contributed by atoms with E-state index in [9.17, 15) is 0 Å². The van der Waals surface area contributed by atoms with Crippen LogP contribution >= 0.6 is 29.9 Å². The topological polar surface area (TPSA) is 62.7 Å². The minimum absolute atomic E-state index is 0.126. The molecule has 0 amide bonds. The first-order chi connectivity index (χ1) is 9.54. The van der Waals surface area contributed by atoms with Crippen LogP contribution in [-0.4, -0.2) is 21.6 Å². The van der Waals surface area contributed by atoms with Gasteiger partial charge in [0, 0.05) is 29.5 Å². The molecule has 1 atom stereocenters. The van der Waals surface area contributed by atoms with Gasteiger partial charge in [0.25, 0.3) is 0 Å². The summed E-state index contributed by atoms with van der Waals surface area (Å²) in [5, 5.41) is 0. The third-order valence-electron chi connectivity index (χ3n) is 2.01. The molecule has 1 rings (SSSR count). The van der Waals surface area contributed by atoms with Gasteiger partial charge in [0.1, 0.15) is 5.82 Å². The molecule has 0 fully saturated rings. The molecular formula is C11H17Cl2N2O4PS. The number of hydrogen-bond donors (Lipinski definition) is 0. The molecule has 120 valence electrons. The maximum atomic E-state index is 5.79. The SMILES string of the molecule is COOP(=S)(Oc1cc(C)nc(C(C)C)n1)OC(C)(Cl)Cl. The molecule has 0 radical (unpaired) electrons. The lowest BCUT2D eigenvalue weighted by molar-refractivity contribution is -0.189. The van der Waals surface area contributed by atoms with Gasteiger partial charge in [-0.1, -0.05) is 37.0 Å². The number of rotatable bonds is 7. The van der Waals surface area contributed by atoms with Crippen LogP contribution in [-0.2, 0) is 25.9 Å². The van der Waals surface area contributed by atoms with Gasteiger partial charge in [-0.15, -0.1) is 4.67 Å². The van der Waals surface area contributed by atoms with E-state index < -0.39 is 11.2 Å². The average Bonchev–Trinajstić information content (AvgIpc) is 2.24. The smallest absolute Gasteiger partial charge is 0.404 e. The zero-order chi connectivity index (χ0) is 16.3. The second-order valence-corrected chi connectivity index (χ2v) is 8.93. The van der Waals surface area contributed by atoms with Gasteiger partial charge in [-0.25, -0.2) is 9.87 Å². The molecule has 1 aromatic rings. The number of nitrogens with zero attached hydrogens (tertiary/aromatic N) is 2. The Hall–Kier alpha value is -0.0100. The Morgan fingerprint density at radius 1 is 1.33 bits per heavy atom. The van der Waals surface area contributed by atoms with Crippen LogP contribution in [0.3, 0.4) is 0 Å². The maximum absolute atomic E-state index is 5.79. The predicted octanol–water partition coefficient (Wildman–Crippen LogP) is 4.26. The van der Waals surface area contributed by atoms with Crippen LogP contribution in [0.5, 0.6) is 5.88 Å². The van der Waals surface area contributed by atoms with E-state index >= 15 is 0 Å². The highest BCUT2D eigenvalue weighted by Crippen LogP contribution is 2.54. The second kappa shape index (κ2) is 7.51. The molecule has 1 aromatic heterocycles. The minimum atomic E-state index is -3.38. The molecule has 0 aliphatic rings. The summed E-state index contributed by atoms with van der Waals surface area (Å²) < 4.78 is 14.1. The van der Waals surface area contributed by atoms with Crippen molar-refractivity contribution in [3.63, 3.8) is 0 Å². The van der Waals surface area contributed by atoms with Gasteiger partial charge in [0.05, 0.1) is 7.11 Å². The Balaban J connectivity index is 3.07. The van der Waals surface area contributed by atoms with E-state index in [0.29, 0.717) is 5.82 Å². The number of aromatic nitrogens is 2. The summed E-state index contributed by atoms with van der Waals surface area (Å²) in [6.45, 7) is 3.76. The molecule has 0 N–H and O–H groups in total. The minimum Gasteiger partial charge on any atom is -0.404 e. The highest BCUT2D eigenvalue weighted by molar-refractivity contribution is 8.07. The monoisotopic (exact) mass is 374 g/mol. The molecule has 6 nitrogen and oxygen atoms in total. The second-order valence-electron chi connectivity index (χ2n) is 4.54. The van der Waals surface area contributed by atoms with E-state index in [0.717, 1.165) is 5.69 Å². The Bertz CT molecular complexity index is 539. The van der Waals surface area contributed by atoms with E-state index in [1.54, 1.807) is 6.07 Å². The Morgan fingerprint density at radius 2 is 1.95 bits per heavy atom. The standard InChI is InChI=1S/C11H17Cl2N2O4PS/c1-7(2)10-14-8(3)6-9(15-10)17-20(21,19-16-5)18-11(4,12)13/h6-7H,1-5H3. The molecule has 1 heterocycles. The van der Waals surface area contributed by atoms with Gasteiger partial charge >= 0.3 is 6.72 Å². The van der Waals surface area contributed by atoms with Crippen molar-refractivity contribution in [2.75, 3.05) is 7.11 Å². The van der Waals surface area contributed by atoms with Gasteiger partial charge in [-0.3, -0.25) is 4.52 Å². The van der Waals surface area contributed by atoms with E-state index in [4.69, 9.17) is 48.7 Å². The summed E-state index contributed by atoms with van der Waals surface area (Å²) in [6.07, 6.45) is 0. The Labute approximate surface area is 139 Å². The normalized spacial score (nSPS) is 15.0. The maximum Gasteiger partial charge on any atom is 0.412 e. The third-order valence-corrected chi connectivity index (χ3v) is 4.34. The summed E-state index contributed by atoms with van der Waals surface area (Å²) in [6, 6.07) is 1.61. The fraction of sp³-hybridized carbons (Fsp3) is 0.636. The number of hydrogen-bond acceptors (Lipinski definition) is 7. The largest absolute Gasteiger partial charge is 0.412 e. The quantitative estimate of drug-likeness (QED) is 0.305. The average molecular weight is 375 g/mol. The lowest BCUT2D eigenvalue weighted by Crippen LogP contribution is -2.15. The van der Waals surface area contributed by atoms with Crippen molar-refractivity contribution >= 4 is 41.7 Å². The summed E-state index contributed by atoms with van der Waals surface area (Å²) in [5.74, 6) is 0.952. The molecular weight excluding hydrogens is 358 g/mol. The Morgan fingerprint density at radius 3 is 2.43 bits per heavy atom. The number of halogens is 2. The first-order valence-corrected chi connectivity index (χ1v) is 9.32. The molecule has 21 heavy (non-hydrogen) atoms. The highest BCUT2D eigenvalue weighted by atomic mass is 35.5. The third kappa shape index (κ3) is 6.74. The van der Waals surface area contributed by atoms with Gasteiger partial charge in [-0.05, 0) is 13.8 Å². The van der Waals surface area contributed by atoms with Crippen molar-refractivity contribution in [3.8, 4) is 5.88 Å². The van der Waals surface area contributed by atoms with Crippen molar-refractivity contribution < 1.29 is 18.6 Å². The number of aryl methyl sites for hydroxylation is 1. The zero-order valence-corrected chi connectivity index (χ0v) is 15.5. The van der Waals surface area contributed by atoms with Crippen molar-refractivity contribution in [3.05, 3.63) is 17.6 Å². The van der Waals surface area contributed by atoms with Crippen LogP contribution < -0.4 is 4.52 Å². The zero-order valence-electron chi connectivity index (χ0n) is 12.3. The van der Waals surface area contributed by atoms with Gasteiger partial charge in [0.15, 0.2) is 0 Å². The summed E-state index contributed by atoms with van der Waals surface area (Å²) in [5.41, 5.74) is 0.724. The molecule has 0 saturated carbocycles. The van der Waals surface area contributed by atoms with E-state index in [1.807, 2.05) is 20.8 Å². The fourth-order valence-electron chi connectivity index (χ4n) is 1.32. The summed E-state index contributed by atoms with van der Waals surface area (Å²) in [4.78, 5) is 13.1. The van der Waals surface area contributed by atoms with Crippen molar-refractivity contribution in [2.24, 2.45) is 0 Å². The molecule has 0 aliphatic heterocycles. The van der Waals surface area contributed by atoms with Crippen LogP contribution in [0.1, 0.15) is 38.2 Å². The Kier molecular flexibility index (Phi) is 6.80. The van der Waals surface area contributed by atoms with Crippen LogP contribution in [0.25, 0.3) is 0 Å². The fourth-order valence-corrected chi connectivity index (χ4v) is 3.96. The first kappa shape index (κ1) is 19.0. The molecule has 0 saturated heterocycles. The van der Waals surface area contributed by atoms with Crippen molar-refractivity contribution in [1.29, 1.82) is 0 Å².